The molecule has 0 aliphatic rings. The molecule has 0 bridgehead atoms. The Morgan fingerprint density at radius 2 is 2.00 bits per heavy atom. The Morgan fingerprint density at radius 1 is 1.24 bits per heavy atom. The van der Waals surface area contributed by atoms with Crippen LogP contribution in [0.5, 0.6) is 5.75 Å². The molecule has 0 spiro atoms. The summed E-state index contributed by atoms with van der Waals surface area (Å²) in [5.41, 5.74) is 0.984. The molecule has 2 rings (SSSR count). The summed E-state index contributed by atoms with van der Waals surface area (Å²) in [6, 6.07) is 7.99. The van der Waals surface area contributed by atoms with Crippen molar-refractivity contribution in [1.29, 1.82) is 0 Å². The molecule has 5 heteroatoms. The van der Waals surface area contributed by atoms with Crippen LogP contribution in [0.25, 0.3) is 0 Å². The summed E-state index contributed by atoms with van der Waals surface area (Å²) in [7, 11) is 1.59. The van der Waals surface area contributed by atoms with E-state index in [0.29, 0.717) is 15.8 Å². The predicted molar refractivity (Wildman–Crippen MR) is 92.2 cm³/mol. The lowest BCUT2D eigenvalue weighted by Gasteiger charge is -2.20. The van der Waals surface area contributed by atoms with Gasteiger partial charge in [-0.15, -0.1) is 11.3 Å². The number of benzene rings is 1. The summed E-state index contributed by atoms with van der Waals surface area (Å²) in [4.78, 5) is 2.52. The Morgan fingerprint density at radius 3 is 2.57 bits per heavy atom. The summed E-state index contributed by atoms with van der Waals surface area (Å²) in [6.45, 7) is 5.17. The zero-order valence-electron chi connectivity index (χ0n) is 12.4. The molecule has 0 saturated carbocycles. The second-order valence-corrected chi connectivity index (χ2v) is 6.98. The molecule has 1 aromatic carbocycles. The molecule has 0 saturated heterocycles. The lowest BCUT2D eigenvalue weighted by atomic mass is 10.0. The van der Waals surface area contributed by atoms with Gasteiger partial charge in [0.15, 0.2) is 0 Å². The van der Waals surface area contributed by atoms with Crippen LogP contribution in [-0.4, -0.2) is 13.7 Å². The van der Waals surface area contributed by atoms with E-state index < -0.39 is 0 Å². The lowest BCUT2D eigenvalue weighted by Crippen LogP contribution is -2.22. The van der Waals surface area contributed by atoms with Crippen LogP contribution >= 0.6 is 34.5 Å². The predicted octanol–water partition coefficient (Wildman–Crippen LogP) is 5.46. The number of halogens is 2. The Bertz CT molecular complexity index is 612. The van der Waals surface area contributed by atoms with E-state index in [2.05, 4.69) is 31.3 Å². The molecule has 1 unspecified atom stereocenters. The van der Waals surface area contributed by atoms with Gasteiger partial charge in [0, 0.05) is 20.8 Å². The van der Waals surface area contributed by atoms with E-state index in [1.54, 1.807) is 24.5 Å². The molecule has 0 radical (unpaired) electrons. The summed E-state index contributed by atoms with van der Waals surface area (Å²) >= 11 is 14.5. The normalized spacial score (nSPS) is 12.4. The van der Waals surface area contributed by atoms with E-state index in [-0.39, 0.29) is 6.04 Å². The fourth-order valence-corrected chi connectivity index (χ4v) is 3.67. The number of hydrogen-bond acceptors (Lipinski definition) is 3. The van der Waals surface area contributed by atoms with Gasteiger partial charge in [0.05, 0.1) is 18.2 Å². The number of methoxy groups -OCH3 is 1. The Balaban J connectivity index is 2.43. The molecule has 1 N–H and O–H groups in total. The van der Waals surface area contributed by atoms with Crippen molar-refractivity contribution in [2.24, 2.45) is 0 Å². The number of hydrogen-bond donors (Lipinski definition) is 1. The fourth-order valence-electron chi connectivity index (χ4n) is 2.18. The quantitative estimate of drug-likeness (QED) is 0.751. The maximum Gasteiger partial charge on any atom is 0.138 e. The van der Waals surface area contributed by atoms with Gasteiger partial charge >= 0.3 is 0 Å². The van der Waals surface area contributed by atoms with Crippen molar-refractivity contribution < 1.29 is 4.74 Å². The van der Waals surface area contributed by atoms with Crippen molar-refractivity contribution in [3.63, 3.8) is 0 Å². The Hall–Kier alpha value is -0.740. The van der Waals surface area contributed by atoms with Gasteiger partial charge in [-0.3, -0.25) is 0 Å². The zero-order chi connectivity index (χ0) is 15.4. The SMILES string of the molecule is CCCNC(c1ccc(C)s1)c1cc(Cl)c(OC)cc1Cl. The van der Waals surface area contributed by atoms with E-state index in [1.165, 1.54) is 9.75 Å². The molecule has 2 aromatic rings. The van der Waals surface area contributed by atoms with Gasteiger partial charge < -0.3 is 10.1 Å². The second-order valence-electron chi connectivity index (χ2n) is 4.84. The molecule has 0 aliphatic carbocycles. The first-order chi connectivity index (χ1) is 10.1. The first-order valence-corrected chi connectivity index (χ1v) is 8.46. The second kappa shape index (κ2) is 7.50. The van der Waals surface area contributed by atoms with Crippen LogP contribution in [0, 0.1) is 6.92 Å². The third-order valence-electron chi connectivity index (χ3n) is 3.23. The van der Waals surface area contributed by atoms with E-state index in [9.17, 15) is 0 Å². The molecular formula is C16H19Cl2NOS. The van der Waals surface area contributed by atoms with Crippen molar-refractivity contribution in [1.82, 2.24) is 5.32 Å². The molecule has 0 amide bonds. The Kier molecular flexibility index (Phi) is 5.94. The van der Waals surface area contributed by atoms with Crippen LogP contribution in [-0.2, 0) is 0 Å². The van der Waals surface area contributed by atoms with Gasteiger partial charge in [0.25, 0.3) is 0 Å². The topological polar surface area (TPSA) is 21.3 Å². The molecule has 0 aliphatic heterocycles. The van der Waals surface area contributed by atoms with Crippen LogP contribution in [0.1, 0.15) is 34.7 Å². The average molecular weight is 344 g/mol. The molecule has 1 heterocycles. The van der Waals surface area contributed by atoms with E-state index >= 15 is 0 Å². The van der Waals surface area contributed by atoms with Crippen LogP contribution in [0.15, 0.2) is 24.3 Å². The highest BCUT2D eigenvalue weighted by Crippen LogP contribution is 2.37. The zero-order valence-corrected chi connectivity index (χ0v) is 14.7. The molecule has 0 fully saturated rings. The van der Waals surface area contributed by atoms with Crippen molar-refractivity contribution in [3.8, 4) is 5.75 Å². The highest BCUT2D eigenvalue weighted by molar-refractivity contribution is 7.12. The minimum absolute atomic E-state index is 0.0551. The number of nitrogens with one attached hydrogen (secondary N) is 1. The van der Waals surface area contributed by atoms with Crippen LogP contribution in [0.3, 0.4) is 0 Å². The average Bonchev–Trinajstić information content (AvgIpc) is 2.89. The van der Waals surface area contributed by atoms with E-state index in [1.807, 2.05) is 6.07 Å². The van der Waals surface area contributed by atoms with Gasteiger partial charge in [-0.2, -0.15) is 0 Å². The number of aryl methyl sites for hydroxylation is 1. The first kappa shape index (κ1) is 16.6. The summed E-state index contributed by atoms with van der Waals surface area (Å²) < 4.78 is 5.22. The standard InChI is InChI=1S/C16H19Cl2NOS/c1-4-7-19-16(15-6-5-10(2)21-15)11-8-13(18)14(20-3)9-12(11)17/h5-6,8-9,16,19H,4,7H2,1-3H3. The smallest absolute Gasteiger partial charge is 0.138 e. The molecule has 1 aromatic heterocycles. The molecule has 2 nitrogen and oxygen atoms in total. The van der Waals surface area contributed by atoms with Gasteiger partial charge in [0.1, 0.15) is 5.75 Å². The monoisotopic (exact) mass is 343 g/mol. The van der Waals surface area contributed by atoms with Gasteiger partial charge in [-0.25, -0.2) is 0 Å². The van der Waals surface area contributed by atoms with Crippen molar-refractivity contribution in [2.75, 3.05) is 13.7 Å². The first-order valence-electron chi connectivity index (χ1n) is 6.89. The minimum Gasteiger partial charge on any atom is -0.495 e. The van der Waals surface area contributed by atoms with E-state index in [4.69, 9.17) is 27.9 Å². The van der Waals surface area contributed by atoms with Crippen LogP contribution in [0.4, 0.5) is 0 Å². The van der Waals surface area contributed by atoms with Gasteiger partial charge in [0.2, 0.25) is 0 Å². The van der Waals surface area contributed by atoms with E-state index in [0.717, 1.165) is 18.5 Å². The molecule has 21 heavy (non-hydrogen) atoms. The number of thiophene rings is 1. The number of ether oxygens (including phenoxy) is 1. The molecule has 1 atom stereocenters. The largest absolute Gasteiger partial charge is 0.495 e. The summed E-state index contributed by atoms with van der Waals surface area (Å²) in [5.74, 6) is 0.599. The maximum absolute atomic E-state index is 6.44. The Labute approximate surface area is 140 Å². The third-order valence-corrected chi connectivity index (χ3v) is 4.91. The number of rotatable bonds is 6. The highest BCUT2D eigenvalue weighted by Gasteiger charge is 2.20. The van der Waals surface area contributed by atoms with Crippen LogP contribution < -0.4 is 10.1 Å². The third kappa shape index (κ3) is 3.92. The van der Waals surface area contributed by atoms with Crippen molar-refractivity contribution in [2.45, 2.75) is 26.3 Å². The summed E-state index contributed by atoms with van der Waals surface area (Å²) in [5, 5.41) is 4.79. The maximum atomic E-state index is 6.44. The molecular weight excluding hydrogens is 325 g/mol. The molecule has 114 valence electrons. The van der Waals surface area contributed by atoms with Crippen molar-refractivity contribution >= 4 is 34.5 Å². The fraction of sp³-hybridized carbons (Fsp3) is 0.375. The minimum atomic E-state index is 0.0551. The highest BCUT2D eigenvalue weighted by atomic mass is 35.5. The summed E-state index contributed by atoms with van der Waals surface area (Å²) in [6.07, 6.45) is 1.06. The van der Waals surface area contributed by atoms with Gasteiger partial charge in [-0.05, 0) is 43.7 Å². The van der Waals surface area contributed by atoms with Gasteiger partial charge in [-0.1, -0.05) is 30.1 Å². The lowest BCUT2D eigenvalue weighted by molar-refractivity contribution is 0.414. The van der Waals surface area contributed by atoms with Crippen LogP contribution in [0.2, 0.25) is 10.0 Å². The van der Waals surface area contributed by atoms with Crippen molar-refractivity contribution in [3.05, 3.63) is 49.6 Å².